The number of nitrogens with one attached hydrogen (secondary N) is 2. The first-order valence-corrected chi connectivity index (χ1v) is 10.8. The Balaban J connectivity index is 1.58. The van der Waals surface area contributed by atoms with E-state index in [1.807, 2.05) is 0 Å². The molecule has 3 unspecified atom stereocenters. The predicted octanol–water partition coefficient (Wildman–Crippen LogP) is 6.20. The summed E-state index contributed by atoms with van der Waals surface area (Å²) in [5, 5.41) is 7.80. The Morgan fingerprint density at radius 2 is 1.86 bits per heavy atom. The second-order valence-electron chi connectivity index (χ2n) is 8.72. The molecule has 2 aliphatic heterocycles. The number of allylic oxidation sites excluding steroid dienone is 4. The molecule has 144 valence electrons. The minimum absolute atomic E-state index is 0.135. The first kappa shape index (κ1) is 16.9. The third-order valence-electron chi connectivity index (χ3n) is 7.12. The quantitative estimate of drug-likeness (QED) is 0.650. The third-order valence-corrected chi connectivity index (χ3v) is 7.12. The highest BCUT2D eigenvalue weighted by Gasteiger charge is 2.49. The molecule has 0 aromatic heterocycles. The summed E-state index contributed by atoms with van der Waals surface area (Å²) in [6.45, 7) is 2.42. The zero-order valence-electron chi connectivity index (χ0n) is 16.8. The molecule has 2 N–H and O–H groups in total. The monoisotopic (exact) mass is 378 g/mol. The Labute approximate surface area is 172 Å². The fourth-order valence-electron chi connectivity index (χ4n) is 5.67. The summed E-state index contributed by atoms with van der Waals surface area (Å²) in [6, 6.07) is 16.3. The Morgan fingerprint density at radius 3 is 2.69 bits per heavy atom. The van der Waals surface area contributed by atoms with E-state index in [2.05, 4.69) is 96.5 Å². The third kappa shape index (κ3) is 2.35. The molecule has 2 heteroatoms. The number of fused-ring (bicyclic) bond motifs is 5. The molecule has 2 nitrogen and oxygen atoms in total. The number of hydrogen-bond donors (Lipinski definition) is 2. The molecule has 2 heterocycles. The standard InChI is InChI=1S/C27H26N2/c1-27(19-12-6-3-7-13-19)24-23(29-26(27)18-10-4-2-5-11-18)17-16-21-20-14-8-9-15-22(20)28-25(21)24/h3-4,6-14,16-17,22,26,28-29H,2,5,15H2,1H3. The molecule has 0 saturated heterocycles. The van der Waals surface area contributed by atoms with Crippen LogP contribution >= 0.6 is 0 Å². The molecule has 0 amide bonds. The summed E-state index contributed by atoms with van der Waals surface area (Å²) in [7, 11) is 0. The highest BCUT2D eigenvalue weighted by atomic mass is 15.0. The summed E-state index contributed by atoms with van der Waals surface area (Å²) < 4.78 is 0. The highest BCUT2D eigenvalue weighted by molar-refractivity contribution is 5.94. The van der Waals surface area contributed by atoms with E-state index in [-0.39, 0.29) is 11.5 Å². The normalized spacial score (nSPS) is 28.6. The van der Waals surface area contributed by atoms with Gasteiger partial charge < -0.3 is 10.6 Å². The second kappa shape index (κ2) is 6.25. The predicted molar refractivity (Wildman–Crippen MR) is 122 cm³/mol. The number of rotatable bonds is 2. The van der Waals surface area contributed by atoms with Gasteiger partial charge in [-0.2, -0.15) is 0 Å². The van der Waals surface area contributed by atoms with Crippen molar-refractivity contribution in [2.24, 2.45) is 0 Å². The van der Waals surface area contributed by atoms with Gasteiger partial charge in [0.05, 0.1) is 12.1 Å². The average Bonchev–Trinajstić information content (AvgIpc) is 3.31. The molecule has 2 aromatic rings. The fourth-order valence-corrected chi connectivity index (χ4v) is 5.67. The molecule has 0 bridgehead atoms. The summed E-state index contributed by atoms with van der Waals surface area (Å²) in [6.07, 6.45) is 17.1. The van der Waals surface area contributed by atoms with Gasteiger partial charge in [0.15, 0.2) is 0 Å². The van der Waals surface area contributed by atoms with Crippen LogP contribution in [0.2, 0.25) is 0 Å². The maximum atomic E-state index is 3.91. The maximum absolute atomic E-state index is 3.91. The van der Waals surface area contributed by atoms with Crippen LogP contribution in [-0.4, -0.2) is 12.1 Å². The van der Waals surface area contributed by atoms with Crippen molar-refractivity contribution in [2.75, 3.05) is 10.6 Å². The topological polar surface area (TPSA) is 24.1 Å². The number of hydrogen-bond acceptors (Lipinski definition) is 2. The summed E-state index contributed by atoms with van der Waals surface area (Å²) in [4.78, 5) is 0. The smallest absolute Gasteiger partial charge is 0.0647 e. The van der Waals surface area contributed by atoms with Crippen molar-refractivity contribution in [3.05, 3.63) is 101 Å². The van der Waals surface area contributed by atoms with Crippen LogP contribution in [0.4, 0.5) is 11.4 Å². The molecule has 0 fully saturated rings. The lowest BCUT2D eigenvalue weighted by Crippen LogP contribution is -2.39. The molecule has 29 heavy (non-hydrogen) atoms. The molecular formula is C27H26N2. The molecule has 3 atom stereocenters. The van der Waals surface area contributed by atoms with Gasteiger partial charge >= 0.3 is 0 Å². The van der Waals surface area contributed by atoms with Crippen LogP contribution in [0.1, 0.15) is 42.9 Å². The number of anilines is 2. The summed E-state index contributed by atoms with van der Waals surface area (Å²) in [5.74, 6) is 0. The van der Waals surface area contributed by atoms with Crippen molar-refractivity contribution in [1.82, 2.24) is 0 Å². The number of benzene rings is 2. The molecular weight excluding hydrogens is 352 g/mol. The zero-order valence-corrected chi connectivity index (χ0v) is 16.8. The van der Waals surface area contributed by atoms with Gasteiger partial charge in [-0.3, -0.25) is 0 Å². The van der Waals surface area contributed by atoms with E-state index in [1.165, 1.54) is 39.2 Å². The molecule has 4 aliphatic rings. The van der Waals surface area contributed by atoms with Crippen LogP contribution in [0.25, 0.3) is 5.57 Å². The van der Waals surface area contributed by atoms with Gasteiger partial charge in [-0.1, -0.05) is 72.9 Å². The van der Waals surface area contributed by atoms with Crippen LogP contribution < -0.4 is 10.6 Å². The molecule has 2 aromatic carbocycles. The van der Waals surface area contributed by atoms with Crippen LogP contribution in [0.3, 0.4) is 0 Å². The van der Waals surface area contributed by atoms with E-state index in [0.29, 0.717) is 6.04 Å². The van der Waals surface area contributed by atoms with E-state index in [1.54, 1.807) is 0 Å². The lowest BCUT2D eigenvalue weighted by Gasteiger charge is -2.35. The van der Waals surface area contributed by atoms with E-state index in [4.69, 9.17) is 0 Å². The van der Waals surface area contributed by atoms with E-state index < -0.39 is 0 Å². The van der Waals surface area contributed by atoms with Crippen molar-refractivity contribution in [3.63, 3.8) is 0 Å². The van der Waals surface area contributed by atoms with Crippen LogP contribution in [0, 0.1) is 0 Å². The first-order valence-electron chi connectivity index (χ1n) is 10.8. The van der Waals surface area contributed by atoms with Crippen LogP contribution in [-0.2, 0) is 5.41 Å². The van der Waals surface area contributed by atoms with Crippen LogP contribution in [0.15, 0.2) is 84.5 Å². The van der Waals surface area contributed by atoms with Crippen molar-refractivity contribution in [3.8, 4) is 0 Å². The Hall–Kier alpha value is -3.00. The highest BCUT2D eigenvalue weighted by Crippen LogP contribution is 2.55. The van der Waals surface area contributed by atoms with Crippen molar-refractivity contribution < 1.29 is 0 Å². The van der Waals surface area contributed by atoms with Crippen molar-refractivity contribution in [1.29, 1.82) is 0 Å². The molecule has 2 aliphatic carbocycles. The van der Waals surface area contributed by atoms with Gasteiger partial charge in [-0.25, -0.2) is 0 Å². The lowest BCUT2D eigenvalue weighted by atomic mass is 9.69. The fraction of sp³-hybridized carbons (Fsp3) is 0.259. The Bertz CT molecular complexity index is 1100. The van der Waals surface area contributed by atoms with Crippen LogP contribution in [0.5, 0.6) is 0 Å². The van der Waals surface area contributed by atoms with Gasteiger partial charge in [0.25, 0.3) is 0 Å². The van der Waals surface area contributed by atoms with Gasteiger partial charge in [-0.05, 0) is 49.0 Å². The molecule has 0 radical (unpaired) electrons. The zero-order chi connectivity index (χ0) is 19.4. The SMILES string of the molecule is CC1(c2ccccc2)c2c(ccc3c2NC2CC=CC=C32)NC1C1=CCCC=C1. The largest absolute Gasteiger partial charge is 0.377 e. The average molecular weight is 379 g/mol. The van der Waals surface area contributed by atoms with Gasteiger partial charge in [0.2, 0.25) is 0 Å². The summed E-state index contributed by atoms with van der Waals surface area (Å²) >= 11 is 0. The Morgan fingerprint density at radius 1 is 0.966 bits per heavy atom. The molecule has 6 rings (SSSR count). The van der Waals surface area contributed by atoms with E-state index >= 15 is 0 Å². The van der Waals surface area contributed by atoms with E-state index in [9.17, 15) is 0 Å². The lowest BCUT2D eigenvalue weighted by molar-refractivity contribution is 0.548. The van der Waals surface area contributed by atoms with Crippen molar-refractivity contribution in [2.45, 2.75) is 43.7 Å². The van der Waals surface area contributed by atoms with Crippen molar-refractivity contribution >= 4 is 16.9 Å². The second-order valence-corrected chi connectivity index (χ2v) is 8.72. The summed E-state index contributed by atoms with van der Waals surface area (Å²) in [5.41, 5.74) is 9.45. The van der Waals surface area contributed by atoms with E-state index in [0.717, 1.165) is 19.3 Å². The molecule has 0 saturated carbocycles. The maximum Gasteiger partial charge on any atom is 0.0647 e. The minimum atomic E-state index is -0.135. The Kier molecular flexibility index (Phi) is 3.64. The minimum Gasteiger partial charge on any atom is -0.377 e. The van der Waals surface area contributed by atoms with Gasteiger partial charge in [0.1, 0.15) is 0 Å². The molecule has 0 spiro atoms. The first-order chi connectivity index (χ1) is 14.3. The van der Waals surface area contributed by atoms with Gasteiger partial charge in [-0.15, -0.1) is 0 Å². The van der Waals surface area contributed by atoms with Gasteiger partial charge in [0, 0.05) is 27.9 Å².